The van der Waals surface area contributed by atoms with Crippen molar-refractivity contribution in [1.29, 1.82) is 0 Å². The van der Waals surface area contributed by atoms with Gasteiger partial charge in [-0.25, -0.2) is 0 Å². The Labute approximate surface area is 125 Å². The SMILES string of the molecule is CCC(N)C(c1ccccc1C)N1CCn2cnnc2C1. The van der Waals surface area contributed by atoms with Gasteiger partial charge in [-0.3, -0.25) is 4.90 Å². The molecule has 2 aromatic rings. The molecule has 0 saturated carbocycles. The van der Waals surface area contributed by atoms with Crippen LogP contribution >= 0.6 is 0 Å². The van der Waals surface area contributed by atoms with Crippen molar-refractivity contribution < 1.29 is 0 Å². The van der Waals surface area contributed by atoms with Gasteiger partial charge in [0.2, 0.25) is 0 Å². The smallest absolute Gasteiger partial charge is 0.147 e. The molecule has 0 saturated heterocycles. The van der Waals surface area contributed by atoms with E-state index in [4.69, 9.17) is 5.73 Å². The van der Waals surface area contributed by atoms with Gasteiger partial charge >= 0.3 is 0 Å². The summed E-state index contributed by atoms with van der Waals surface area (Å²) in [6.45, 7) is 7.05. The molecule has 1 aliphatic heterocycles. The van der Waals surface area contributed by atoms with Crippen molar-refractivity contribution in [1.82, 2.24) is 19.7 Å². The summed E-state index contributed by atoms with van der Waals surface area (Å²) in [6, 6.07) is 8.92. The van der Waals surface area contributed by atoms with Crippen molar-refractivity contribution in [2.45, 2.75) is 45.4 Å². The second-order valence-electron chi connectivity index (χ2n) is 5.78. The second kappa shape index (κ2) is 5.95. The summed E-state index contributed by atoms with van der Waals surface area (Å²) < 4.78 is 2.13. The van der Waals surface area contributed by atoms with E-state index in [9.17, 15) is 0 Å². The Morgan fingerprint density at radius 1 is 1.29 bits per heavy atom. The lowest BCUT2D eigenvalue weighted by atomic mass is 9.92. The maximum atomic E-state index is 6.46. The number of nitrogens with zero attached hydrogens (tertiary/aromatic N) is 4. The van der Waals surface area contributed by atoms with Crippen molar-refractivity contribution in [2.24, 2.45) is 5.73 Å². The van der Waals surface area contributed by atoms with Gasteiger partial charge in [-0.15, -0.1) is 10.2 Å². The average Bonchev–Trinajstić information content (AvgIpc) is 2.97. The Morgan fingerprint density at radius 3 is 2.86 bits per heavy atom. The maximum absolute atomic E-state index is 6.46. The van der Waals surface area contributed by atoms with Crippen molar-refractivity contribution in [3.05, 3.63) is 47.5 Å². The van der Waals surface area contributed by atoms with Crippen molar-refractivity contribution in [3.63, 3.8) is 0 Å². The van der Waals surface area contributed by atoms with Gasteiger partial charge in [0.25, 0.3) is 0 Å². The summed E-state index contributed by atoms with van der Waals surface area (Å²) >= 11 is 0. The van der Waals surface area contributed by atoms with Crippen LogP contribution in [0, 0.1) is 6.92 Å². The van der Waals surface area contributed by atoms with Crippen LogP contribution in [-0.4, -0.2) is 32.3 Å². The lowest BCUT2D eigenvalue weighted by molar-refractivity contribution is 0.130. The molecule has 0 aliphatic carbocycles. The van der Waals surface area contributed by atoms with Gasteiger partial charge in [-0.05, 0) is 24.5 Å². The molecule has 0 bridgehead atoms. The zero-order valence-corrected chi connectivity index (χ0v) is 12.7. The molecule has 2 atom stereocenters. The second-order valence-corrected chi connectivity index (χ2v) is 5.78. The zero-order chi connectivity index (χ0) is 14.8. The van der Waals surface area contributed by atoms with Gasteiger partial charge < -0.3 is 10.3 Å². The third-order valence-corrected chi connectivity index (χ3v) is 4.45. The van der Waals surface area contributed by atoms with Crippen LogP contribution in [0.15, 0.2) is 30.6 Å². The van der Waals surface area contributed by atoms with Gasteiger partial charge in [-0.1, -0.05) is 31.2 Å². The van der Waals surface area contributed by atoms with Crippen molar-refractivity contribution in [2.75, 3.05) is 6.54 Å². The van der Waals surface area contributed by atoms with Crippen LogP contribution in [0.3, 0.4) is 0 Å². The molecule has 1 aliphatic rings. The molecule has 3 rings (SSSR count). The van der Waals surface area contributed by atoms with E-state index in [1.165, 1.54) is 11.1 Å². The number of aryl methyl sites for hydroxylation is 1. The van der Waals surface area contributed by atoms with E-state index in [0.717, 1.165) is 31.9 Å². The molecule has 0 amide bonds. The molecule has 5 nitrogen and oxygen atoms in total. The van der Waals surface area contributed by atoms with Crippen LogP contribution in [-0.2, 0) is 13.1 Å². The Balaban J connectivity index is 1.92. The first-order valence-electron chi connectivity index (χ1n) is 7.62. The molecule has 2 unspecified atom stereocenters. The lowest BCUT2D eigenvalue weighted by Crippen LogP contribution is -2.44. The maximum Gasteiger partial charge on any atom is 0.147 e. The molecule has 2 N–H and O–H groups in total. The fraction of sp³-hybridized carbons (Fsp3) is 0.500. The molecule has 1 aromatic carbocycles. The molecule has 112 valence electrons. The van der Waals surface area contributed by atoms with Crippen LogP contribution in [0.2, 0.25) is 0 Å². The topological polar surface area (TPSA) is 60.0 Å². The van der Waals surface area contributed by atoms with E-state index in [2.05, 4.69) is 57.8 Å². The van der Waals surface area contributed by atoms with Crippen LogP contribution in [0.1, 0.15) is 36.3 Å². The van der Waals surface area contributed by atoms with Crippen LogP contribution in [0.5, 0.6) is 0 Å². The molecule has 2 heterocycles. The standard InChI is InChI=1S/C16H23N5/c1-3-14(17)16(13-7-5-4-6-12(13)2)20-8-9-21-11-18-19-15(21)10-20/h4-7,11,14,16H,3,8-10,17H2,1-2H3. The van der Waals surface area contributed by atoms with Gasteiger partial charge in [0.05, 0.1) is 12.6 Å². The first-order chi connectivity index (χ1) is 10.2. The summed E-state index contributed by atoms with van der Waals surface area (Å²) in [7, 11) is 0. The predicted octanol–water partition coefficient (Wildman–Crippen LogP) is 1.88. The molecule has 0 spiro atoms. The minimum Gasteiger partial charge on any atom is -0.326 e. The number of nitrogens with two attached hydrogens (primary N) is 1. The Hall–Kier alpha value is -1.72. The van der Waals surface area contributed by atoms with Gasteiger partial charge in [-0.2, -0.15) is 0 Å². The highest BCUT2D eigenvalue weighted by Gasteiger charge is 2.30. The molecule has 21 heavy (non-hydrogen) atoms. The highest BCUT2D eigenvalue weighted by molar-refractivity contribution is 5.30. The predicted molar refractivity (Wildman–Crippen MR) is 82.6 cm³/mol. The molecular formula is C16H23N5. The van der Waals surface area contributed by atoms with Crippen LogP contribution in [0.4, 0.5) is 0 Å². The summed E-state index contributed by atoms with van der Waals surface area (Å²) in [6.07, 6.45) is 2.78. The lowest BCUT2D eigenvalue weighted by Gasteiger charge is -2.38. The molecule has 0 radical (unpaired) electrons. The number of hydrogen-bond acceptors (Lipinski definition) is 4. The Morgan fingerprint density at radius 2 is 2.10 bits per heavy atom. The number of fused-ring (bicyclic) bond motifs is 1. The minimum atomic E-state index is 0.126. The van der Waals surface area contributed by atoms with E-state index < -0.39 is 0 Å². The monoisotopic (exact) mass is 285 g/mol. The number of hydrogen-bond donors (Lipinski definition) is 1. The fourth-order valence-corrected chi connectivity index (χ4v) is 3.16. The zero-order valence-electron chi connectivity index (χ0n) is 12.7. The highest BCUT2D eigenvalue weighted by Crippen LogP contribution is 2.30. The van der Waals surface area contributed by atoms with Crippen LogP contribution < -0.4 is 5.73 Å². The van der Waals surface area contributed by atoms with Gasteiger partial charge in [0, 0.05) is 19.1 Å². The van der Waals surface area contributed by atoms with E-state index in [1.54, 1.807) is 0 Å². The van der Waals surface area contributed by atoms with Gasteiger partial charge in [0.15, 0.2) is 0 Å². The summed E-state index contributed by atoms with van der Waals surface area (Å²) in [5.74, 6) is 1.03. The van der Waals surface area contributed by atoms with Crippen molar-refractivity contribution in [3.8, 4) is 0 Å². The first kappa shape index (κ1) is 14.2. The van der Waals surface area contributed by atoms with Crippen molar-refractivity contribution >= 4 is 0 Å². The van der Waals surface area contributed by atoms with Crippen LogP contribution in [0.25, 0.3) is 0 Å². The Kier molecular flexibility index (Phi) is 4.03. The molecule has 1 aromatic heterocycles. The minimum absolute atomic E-state index is 0.126. The van der Waals surface area contributed by atoms with E-state index in [1.807, 2.05) is 6.33 Å². The fourth-order valence-electron chi connectivity index (χ4n) is 3.16. The normalized spacial score (nSPS) is 18.2. The summed E-state index contributed by atoms with van der Waals surface area (Å²) in [5, 5.41) is 8.23. The molecular weight excluding hydrogens is 262 g/mol. The van der Waals surface area contributed by atoms with E-state index >= 15 is 0 Å². The van der Waals surface area contributed by atoms with Gasteiger partial charge in [0.1, 0.15) is 12.2 Å². The van der Waals surface area contributed by atoms with E-state index in [0.29, 0.717) is 0 Å². The first-order valence-corrected chi connectivity index (χ1v) is 7.62. The summed E-state index contributed by atoms with van der Waals surface area (Å²) in [5.41, 5.74) is 9.10. The molecule has 5 heteroatoms. The average molecular weight is 285 g/mol. The van der Waals surface area contributed by atoms with E-state index in [-0.39, 0.29) is 12.1 Å². The third-order valence-electron chi connectivity index (χ3n) is 4.45. The summed E-state index contributed by atoms with van der Waals surface area (Å²) in [4.78, 5) is 2.44. The highest BCUT2D eigenvalue weighted by atomic mass is 15.3. The largest absolute Gasteiger partial charge is 0.326 e. The quantitative estimate of drug-likeness (QED) is 0.932. The number of aromatic nitrogens is 3. The molecule has 0 fully saturated rings. The third kappa shape index (κ3) is 2.71. The number of benzene rings is 1. The number of rotatable bonds is 4. The Bertz CT molecular complexity index is 606.